The van der Waals surface area contributed by atoms with Crippen molar-refractivity contribution >= 4 is 5.78 Å². The predicted octanol–water partition coefficient (Wildman–Crippen LogP) is 2.17. The van der Waals surface area contributed by atoms with Gasteiger partial charge >= 0.3 is 0 Å². The zero-order valence-electron chi connectivity index (χ0n) is 11.0. The van der Waals surface area contributed by atoms with Gasteiger partial charge in [-0.1, -0.05) is 5.16 Å². The molecule has 0 aliphatic heterocycles. The van der Waals surface area contributed by atoms with Gasteiger partial charge in [-0.2, -0.15) is 4.98 Å². The molecule has 19 heavy (non-hydrogen) atoms. The zero-order valence-corrected chi connectivity index (χ0v) is 11.0. The van der Waals surface area contributed by atoms with Gasteiger partial charge in [0.15, 0.2) is 29.7 Å². The highest BCUT2D eigenvalue weighted by molar-refractivity contribution is 5.94. The summed E-state index contributed by atoms with van der Waals surface area (Å²) in [5, 5.41) is 3.67. The van der Waals surface area contributed by atoms with Crippen molar-refractivity contribution in [3.05, 3.63) is 35.5 Å². The Labute approximate surface area is 110 Å². The van der Waals surface area contributed by atoms with E-state index in [-0.39, 0.29) is 12.4 Å². The molecular weight excluding hydrogens is 248 g/mol. The van der Waals surface area contributed by atoms with E-state index in [9.17, 15) is 4.79 Å². The quantitative estimate of drug-likeness (QED) is 0.769. The van der Waals surface area contributed by atoms with Crippen molar-refractivity contribution in [2.24, 2.45) is 0 Å². The van der Waals surface area contributed by atoms with E-state index in [1.807, 2.05) is 0 Å². The van der Waals surface area contributed by atoms with E-state index >= 15 is 0 Å². The van der Waals surface area contributed by atoms with Gasteiger partial charge in [-0.05, 0) is 32.0 Å². The van der Waals surface area contributed by atoms with E-state index in [0.717, 1.165) is 0 Å². The molecule has 0 saturated heterocycles. The first-order valence-electron chi connectivity index (χ1n) is 5.71. The molecule has 0 aliphatic rings. The van der Waals surface area contributed by atoms with Gasteiger partial charge in [0, 0.05) is 5.56 Å². The summed E-state index contributed by atoms with van der Waals surface area (Å²) < 4.78 is 15.7. The molecule has 1 aromatic carbocycles. The van der Waals surface area contributed by atoms with Crippen molar-refractivity contribution in [1.29, 1.82) is 0 Å². The minimum atomic E-state index is -0.0302. The Morgan fingerprint density at radius 2 is 2.16 bits per heavy atom. The molecule has 100 valence electrons. The average molecular weight is 262 g/mol. The maximum atomic E-state index is 11.3. The topological polar surface area (TPSA) is 74.5 Å². The normalized spacial score (nSPS) is 10.3. The Kier molecular flexibility index (Phi) is 3.79. The number of ether oxygens (including phenoxy) is 2. The molecule has 6 nitrogen and oxygen atoms in total. The minimum Gasteiger partial charge on any atom is -0.493 e. The molecule has 0 fully saturated rings. The van der Waals surface area contributed by atoms with Gasteiger partial charge in [0.05, 0.1) is 7.11 Å². The van der Waals surface area contributed by atoms with Crippen LogP contribution in [0.25, 0.3) is 0 Å². The molecule has 0 spiro atoms. The maximum absolute atomic E-state index is 11.3. The SMILES string of the molecule is COc1cc(C(C)=O)ccc1OCc1nc(C)no1. The lowest BCUT2D eigenvalue weighted by Crippen LogP contribution is -2.00. The number of aryl methyl sites for hydroxylation is 1. The predicted molar refractivity (Wildman–Crippen MR) is 66.4 cm³/mol. The molecule has 0 unspecified atom stereocenters. The van der Waals surface area contributed by atoms with Crippen LogP contribution in [-0.4, -0.2) is 23.0 Å². The van der Waals surface area contributed by atoms with Gasteiger partial charge in [-0.3, -0.25) is 4.79 Å². The van der Waals surface area contributed by atoms with Crippen LogP contribution in [0.5, 0.6) is 11.5 Å². The number of methoxy groups -OCH3 is 1. The molecule has 0 atom stereocenters. The van der Waals surface area contributed by atoms with Gasteiger partial charge < -0.3 is 14.0 Å². The lowest BCUT2D eigenvalue weighted by Gasteiger charge is -2.09. The molecule has 0 bridgehead atoms. The van der Waals surface area contributed by atoms with Crippen molar-refractivity contribution in [2.75, 3.05) is 7.11 Å². The van der Waals surface area contributed by atoms with E-state index in [2.05, 4.69) is 10.1 Å². The summed E-state index contributed by atoms with van der Waals surface area (Å²) in [6.07, 6.45) is 0. The van der Waals surface area contributed by atoms with E-state index in [1.165, 1.54) is 14.0 Å². The summed E-state index contributed by atoms with van der Waals surface area (Å²) in [4.78, 5) is 15.3. The maximum Gasteiger partial charge on any atom is 0.264 e. The Balaban J connectivity index is 2.13. The monoisotopic (exact) mass is 262 g/mol. The summed E-state index contributed by atoms with van der Waals surface area (Å²) in [7, 11) is 1.52. The van der Waals surface area contributed by atoms with Gasteiger partial charge in [0.25, 0.3) is 5.89 Å². The van der Waals surface area contributed by atoms with Crippen LogP contribution in [0.1, 0.15) is 29.0 Å². The fourth-order valence-corrected chi connectivity index (χ4v) is 1.54. The molecule has 2 rings (SSSR count). The van der Waals surface area contributed by atoms with Crippen molar-refractivity contribution in [3.8, 4) is 11.5 Å². The molecule has 0 radical (unpaired) electrons. The second kappa shape index (κ2) is 5.51. The Morgan fingerprint density at radius 3 is 2.74 bits per heavy atom. The molecule has 0 aliphatic carbocycles. The number of carbonyl (C=O) groups excluding carboxylic acids is 1. The number of hydrogen-bond acceptors (Lipinski definition) is 6. The highest BCUT2D eigenvalue weighted by Gasteiger charge is 2.10. The van der Waals surface area contributed by atoms with Crippen LogP contribution in [-0.2, 0) is 6.61 Å². The Hall–Kier alpha value is -2.37. The highest BCUT2D eigenvalue weighted by atomic mass is 16.5. The van der Waals surface area contributed by atoms with E-state index in [1.54, 1.807) is 25.1 Å². The van der Waals surface area contributed by atoms with Gasteiger partial charge in [0.1, 0.15) is 0 Å². The number of aromatic nitrogens is 2. The number of rotatable bonds is 5. The summed E-state index contributed by atoms with van der Waals surface area (Å²) in [5.74, 6) is 1.91. The zero-order chi connectivity index (χ0) is 13.8. The highest BCUT2D eigenvalue weighted by Crippen LogP contribution is 2.28. The van der Waals surface area contributed by atoms with Gasteiger partial charge in [0.2, 0.25) is 0 Å². The average Bonchev–Trinajstić information content (AvgIpc) is 2.81. The second-order valence-electron chi connectivity index (χ2n) is 3.95. The van der Waals surface area contributed by atoms with Gasteiger partial charge in [-0.25, -0.2) is 0 Å². The number of Topliss-reactive ketones (excluding diaryl/α,β-unsaturated/α-hetero) is 1. The Morgan fingerprint density at radius 1 is 1.37 bits per heavy atom. The number of ketones is 1. The lowest BCUT2D eigenvalue weighted by atomic mass is 10.1. The van der Waals surface area contributed by atoms with Gasteiger partial charge in [-0.15, -0.1) is 0 Å². The molecule has 0 amide bonds. The number of hydrogen-bond donors (Lipinski definition) is 0. The fraction of sp³-hybridized carbons (Fsp3) is 0.308. The smallest absolute Gasteiger partial charge is 0.264 e. The van der Waals surface area contributed by atoms with Crippen LogP contribution in [0.4, 0.5) is 0 Å². The van der Waals surface area contributed by atoms with Crippen LogP contribution in [0.15, 0.2) is 22.7 Å². The molecule has 1 heterocycles. The molecule has 0 N–H and O–H groups in total. The van der Waals surface area contributed by atoms with E-state index in [4.69, 9.17) is 14.0 Å². The molecule has 0 saturated carbocycles. The number of carbonyl (C=O) groups is 1. The third-order valence-electron chi connectivity index (χ3n) is 2.49. The summed E-state index contributed by atoms with van der Waals surface area (Å²) in [6.45, 7) is 3.38. The molecule has 2 aromatic rings. The van der Waals surface area contributed by atoms with Crippen molar-refractivity contribution in [1.82, 2.24) is 10.1 Å². The van der Waals surface area contributed by atoms with Crippen molar-refractivity contribution in [3.63, 3.8) is 0 Å². The van der Waals surface area contributed by atoms with Crippen molar-refractivity contribution < 1.29 is 18.8 Å². The largest absolute Gasteiger partial charge is 0.493 e. The van der Waals surface area contributed by atoms with Crippen LogP contribution < -0.4 is 9.47 Å². The third kappa shape index (κ3) is 3.09. The third-order valence-corrected chi connectivity index (χ3v) is 2.49. The van der Waals surface area contributed by atoms with Crippen LogP contribution in [0.2, 0.25) is 0 Å². The van der Waals surface area contributed by atoms with E-state index in [0.29, 0.717) is 28.8 Å². The van der Waals surface area contributed by atoms with Crippen LogP contribution >= 0.6 is 0 Å². The minimum absolute atomic E-state index is 0.0302. The standard InChI is InChI=1S/C13H14N2O4/c1-8(16)10-4-5-11(12(6-10)17-3)18-7-13-14-9(2)15-19-13/h4-6H,7H2,1-3H3. The van der Waals surface area contributed by atoms with Crippen LogP contribution in [0.3, 0.4) is 0 Å². The second-order valence-corrected chi connectivity index (χ2v) is 3.95. The lowest BCUT2D eigenvalue weighted by molar-refractivity contribution is 0.101. The first kappa shape index (κ1) is 13.1. The Bertz CT molecular complexity index is 592. The number of nitrogens with zero attached hydrogens (tertiary/aromatic N) is 2. The molecule has 6 heteroatoms. The fourth-order valence-electron chi connectivity index (χ4n) is 1.54. The summed E-state index contributed by atoms with van der Waals surface area (Å²) in [5.41, 5.74) is 0.567. The summed E-state index contributed by atoms with van der Waals surface area (Å²) >= 11 is 0. The number of benzene rings is 1. The van der Waals surface area contributed by atoms with E-state index < -0.39 is 0 Å². The van der Waals surface area contributed by atoms with Crippen LogP contribution in [0, 0.1) is 6.92 Å². The first-order chi connectivity index (χ1) is 9.10. The van der Waals surface area contributed by atoms with Crippen molar-refractivity contribution in [2.45, 2.75) is 20.5 Å². The summed E-state index contributed by atoms with van der Waals surface area (Å²) in [6, 6.07) is 4.99. The molecular formula is C13H14N2O4. The molecule has 1 aromatic heterocycles. The first-order valence-corrected chi connectivity index (χ1v) is 5.71.